The van der Waals surface area contributed by atoms with E-state index in [0.29, 0.717) is 25.6 Å². The van der Waals surface area contributed by atoms with Crippen molar-refractivity contribution in [2.75, 3.05) is 60.8 Å². The quantitative estimate of drug-likeness (QED) is 0.347. The van der Waals surface area contributed by atoms with Gasteiger partial charge in [0.1, 0.15) is 12.0 Å². The molecule has 228 valence electrons. The molecular weight excluding hydrogens is 565 g/mol. The average Bonchev–Trinajstić information content (AvgIpc) is 3.55. The van der Waals surface area contributed by atoms with Crippen molar-refractivity contribution in [1.29, 1.82) is 0 Å². The predicted octanol–water partition coefficient (Wildman–Crippen LogP) is 4.04. The van der Waals surface area contributed by atoms with Crippen LogP contribution in [0.4, 0.5) is 47.9 Å². The summed E-state index contributed by atoms with van der Waals surface area (Å²) in [6.07, 6.45) is 0.329. The second-order valence-corrected chi connectivity index (χ2v) is 11.2. The van der Waals surface area contributed by atoms with Crippen molar-refractivity contribution >= 4 is 40.7 Å². The number of pyridine rings is 2. The van der Waals surface area contributed by atoms with Crippen molar-refractivity contribution in [2.24, 2.45) is 0 Å². The lowest BCUT2D eigenvalue weighted by Gasteiger charge is -2.25. The van der Waals surface area contributed by atoms with Gasteiger partial charge in [0.2, 0.25) is 23.7 Å². The lowest BCUT2D eigenvalue weighted by molar-refractivity contribution is -0.153. The molecule has 2 N–H and O–H groups in total. The van der Waals surface area contributed by atoms with Gasteiger partial charge in [-0.2, -0.15) is 23.1 Å². The van der Waals surface area contributed by atoms with Crippen LogP contribution < -0.4 is 25.2 Å². The van der Waals surface area contributed by atoms with Crippen LogP contribution in [0, 0.1) is 0 Å². The number of ether oxygens (including phenoxy) is 1. The van der Waals surface area contributed by atoms with Crippen LogP contribution in [0.2, 0.25) is 0 Å². The number of nitrogens with one attached hydrogen (secondary N) is 2. The molecule has 3 aromatic heterocycles. The highest BCUT2D eigenvalue weighted by molar-refractivity contribution is 6.01. The van der Waals surface area contributed by atoms with Gasteiger partial charge in [0.15, 0.2) is 12.4 Å². The molecule has 0 aliphatic carbocycles. The van der Waals surface area contributed by atoms with Gasteiger partial charge in [0.25, 0.3) is 0 Å². The van der Waals surface area contributed by atoms with E-state index < -0.39 is 18.7 Å². The number of amides is 1. The van der Waals surface area contributed by atoms with E-state index in [1.165, 1.54) is 12.4 Å². The minimum Gasteiger partial charge on any atom is -0.466 e. The van der Waals surface area contributed by atoms with E-state index in [4.69, 9.17) is 4.74 Å². The van der Waals surface area contributed by atoms with E-state index in [1.807, 2.05) is 36.0 Å². The Kier molecular flexibility index (Phi) is 8.10. The Bertz CT molecular complexity index is 1510. The highest BCUT2D eigenvalue weighted by Crippen LogP contribution is 2.42. The number of anilines is 6. The smallest absolute Gasteiger partial charge is 0.422 e. The second-order valence-electron chi connectivity index (χ2n) is 11.2. The number of carbonyl (C=O) groups is 1. The van der Waals surface area contributed by atoms with Crippen molar-refractivity contribution in [3.05, 3.63) is 49.1 Å². The number of halogens is 3. The van der Waals surface area contributed by atoms with E-state index in [0.717, 1.165) is 23.9 Å². The van der Waals surface area contributed by atoms with Gasteiger partial charge in [-0.15, -0.1) is 0 Å². The van der Waals surface area contributed by atoms with Crippen LogP contribution in [0.1, 0.15) is 26.0 Å². The third-order valence-electron chi connectivity index (χ3n) is 7.30. The van der Waals surface area contributed by atoms with Gasteiger partial charge in [-0.1, -0.05) is 20.4 Å². The van der Waals surface area contributed by atoms with Crippen molar-refractivity contribution < 1.29 is 22.7 Å². The number of fused-ring (bicyclic) bond motifs is 1. The molecule has 1 fully saturated rings. The van der Waals surface area contributed by atoms with Crippen LogP contribution in [0.3, 0.4) is 0 Å². The van der Waals surface area contributed by atoms with Crippen molar-refractivity contribution in [3.8, 4) is 5.88 Å². The molecule has 12 nitrogen and oxygen atoms in total. The molecule has 15 heteroatoms. The van der Waals surface area contributed by atoms with Crippen molar-refractivity contribution in [1.82, 2.24) is 29.8 Å². The zero-order chi connectivity index (χ0) is 30.9. The highest BCUT2D eigenvalue weighted by atomic mass is 19.4. The molecule has 5 rings (SSSR count). The summed E-state index contributed by atoms with van der Waals surface area (Å²) in [5.41, 5.74) is 1.77. The van der Waals surface area contributed by atoms with Crippen LogP contribution in [0.25, 0.3) is 0 Å². The molecular formula is C28H33F3N10O2. The topological polar surface area (TPSA) is 125 Å². The van der Waals surface area contributed by atoms with Crippen LogP contribution in [-0.2, 0) is 10.2 Å². The van der Waals surface area contributed by atoms with Crippen LogP contribution in [-0.4, -0.2) is 88.3 Å². The number of aromatic nitrogens is 5. The molecule has 43 heavy (non-hydrogen) atoms. The molecule has 0 radical (unpaired) electrons. The van der Waals surface area contributed by atoms with Gasteiger partial charge in [-0.05, 0) is 44.8 Å². The number of likely N-dealkylation sites (N-methyl/N-ethyl adjacent to an activating group) is 1. The third kappa shape index (κ3) is 6.61. The predicted molar refractivity (Wildman–Crippen MR) is 156 cm³/mol. The summed E-state index contributed by atoms with van der Waals surface area (Å²) in [6.45, 7) is 7.76. The normalized spacial score (nSPS) is 17.6. The highest BCUT2D eigenvalue weighted by Gasteiger charge is 2.38. The SMILES string of the molecule is C=CC(=O)Nc1cc(Nc2ncnc(N3CC(C)(C)c4ncccc43)n2)c(OCC(F)(F)F)nc1N1CC[C@@H](N(C)C)C1. The van der Waals surface area contributed by atoms with Gasteiger partial charge < -0.3 is 30.1 Å². The molecule has 2 aliphatic rings. The Hall–Kier alpha value is -4.53. The first kappa shape index (κ1) is 29.9. The molecule has 0 saturated carbocycles. The summed E-state index contributed by atoms with van der Waals surface area (Å²) in [4.78, 5) is 40.3. The van der Waals surface area contributed by atoms with E-state index in [2.05, 4.69) is 60.9 Å². The van der Waals surface area contributed by atoms with Crippen LogP contribution in [0.15, 0.2) is 43.4 Å². The first-order chi connectivity index (χ1) is 20.3. The first-order valence-electron chi connectivity index (χ1n) is 13.6. The minimum absolute atomic E-state index is 0.0247. The Balaban J connectivity index is 1.52. The summed E-state index contributed by atoms with van der Waals surface area (Å²) in [5.74, 6) is -0.182. The van der Waals surface area contributed by atoms with E-state index in [1.54, 1.807) is 6.20 Å². The molecule has 1 saturated heterocycles. The second kappa shape index (κ2) is 11.6. The first-order valence-corrected chi connectivity index (χ1v) is 13.6. The number of nitrogens with zero attached hydrogens (tertiary/aromatic N) is 8. The van der Waals surface area contributed by atoms with Gasteiger partial charge in [-0.25, -0.2) is 9.97 Å². The largest absolute Gasteiger partial charge is 0.466 e. The molecule has 1 atom stereocenters. The Morgan fingerprint density at radius 3 is 2.72 bits per heavy atom. The minimum atomic E-state index is -4.61. The summed E-state index contributed by atoms with van der Waals surface area (Å²) in [6, 6.07) is 5.40. The van der Waals surface area contributed by atoms with Gasteiger partial charge in [0, 0.05) is 37.3 Å². The lowest BCUT2D eigenvalue weighted by Crippen LogP contribution is -2.32. The fourth-order valence-corrected chi connectivity index (χ4v) is 5.18. The van der Waals surface area contributed by atoms with E-state index in [-0.39, 0.29) is 40.5 Å². The Labute approximate surface area is 247 Å². The number of alkyl halides is 3. The summed E-state index contributed by atoms with van der Waals surface area (Å²) < 4.78 is 44.9. The molecule has 1 amide bonds. The van der Waals surface area contributed by atoms with Crippen molar-refractivity contribution in [2.45, 2.75) is 37.9 Å². The summed E-state index contributed by atoms with van der Waals surface area (Å²) in [5, 5.41) is 5.65. The van der Waals surface area contributed by atoms with E-state index >= 15 is 0 Å². The lowest BCUT2D eigenvalue weighted by atomic mass is 9.91. The molecule has 0 bridgehead atoms. The maximum absolute atomic E-state index is 13.2. The van der Waals surface area contributed by atoms with Crippen molar-refractivity contribution in [3.63, 3.8) is 0 Å². The Morgan fingerprint density at radius 1 is 1.23 bits per heavy atom. The third-order valence-corrected chi connectivity index (χ3v) is 7.30. The fourth-order valence-electron chi connectivity index (χ4n) is 5.18. The number of hydrogen-bond acceptors (Lipinski definition) is 11. The standard InChI is InChI=1S/C28H33F3N10O2/c1-6-21(42)35-18-12-19(24(43-15-28(29,30)31)37-23(18)40-11-9-17(13-40)39(4)5)36-25-33-16-34-26(38-25)41-14-27(2,3)22-20(41)8-7-10-32-22/h6-8,10,12,16-17H,1,9,11,13-15H2,2-5H3,(H,35,42)(H,33,34,36,38)/t17-/m1/s1. The number of rotatable bonds is 9. The molecule has 5 heterocycles. The monoisotopic (exact) mass is 598 g/mol. The van der Waals surface area contributed by atoms with Gasteiger partial charge in [-0.3, -0.25) is 9.78 Å². The van der Waals surface area contributed by atoms with Crippen LogP contribution in [0.5, 0.6) is 5.88 Å². The maximum atomic E-state index is 13.2. The molecule has 0 aromatic carbocycles. The molecule has 0 spiro atoms. The summed E-state index contributed by atoms with van der Waals surface area (Å²) in [7, 11) is 3.90. The average molecular weight is 599 g/mol. The van der Waals surface area contributed by atoms with E-state index in [9.17, 15) is 18.0 Å². The van der Waals surface area contributed by atoms with Crippen LogP contribution >= 0.6 is 0 Å². The number of hydrogen-bond donors (Lipinski definition) is 2. The zero-order valence-electron chi connectivity index (χ0n) is 24.3. The van der Waals surface area contributed by atoms with Gasteiger partial charge >= 0.3 is 6.18 Å². The molecule has 2 aliphatic heterocycles. The zero-order valence-corrected chi connectivity index (χ0v) is 24.3. The number of carbonyl (C=O) groups excluding carboxylic acids is 1. The maximum Gasteiger partial charge on any atom is 0.422 e. The summed E-state index contributed by atoms with van der Waals surface area (Å²) >= 11 is 0. The molecule has 3 aromatic rings. The molecule has 0 unspecified atom stereocenters. The Morgan fingerprint density at radius 2 is 2.02 bits per heavy atom. The fraction of sp³-hybridized carbons (Fsp3) is 0.429. The van der Waals surface area contributed by atoms with Gasteiger partial charge in [0.05, 0.1) is 17.1 Å².